The average Bonchev–Trinajstić information content (AvgIpc) is 3.09. The summed E-state index contributed by atoms with van der Waals surface area (Å²) in [5.41, 5.74) is 2.57. The van der Waals surface area contributed by atoms with Gasteiger partial charge in [0.15, 0.2) is 0 Å². The monoisotopic (exact) mass is 276 g/mol. The highest BCUT2D eigenvalue weighted by Gasteiger charge is 2.26. The molecule has 0 bridgehead atoms. The van der Waals surface area contributed by atoms with Gasteiger partial charge in [0, 0.05) is 25.5 Å². The van der Waals surface area contributed by atoms with Gasteiger partial charge in [0.2, 0.25) is 0 Å². The standard InChI is InChI=1S/C13H16N4OS/c1-10-12(19-9-15-10)13(18)16-5-2-3-11(7-16)17-6-4-14-8-17/h4,6,8-9,11H,2-3,5,7H2,1H3/t11-/m0/s1. The van der Waals surface area contributed by atoms with Gasteiger partial charge in [-0.1, -0.05) is 0 Å². The maximum atomic E-state index is 12.5. The summed E-state index contributed by atoms with van der Waals surface area (Å²) in [6.07, 6.45) is 7.72. The molecule has 0 radical (unpaired) electrons. The predicted molar refractivity (Wildman–Crippen MR) is 73.3 cm³/mol. The topological polar surface area (TPSA) is 51.0 Å². The minimum Gasteiger partial charge on any atom is -0.336 e. The summed E-state index contributed by atoms with van der Waals surface area (Å²) in [5.74, 6) is 0.116. The summed E-state index contributed by atoms with van der Waals surface area (Å²) in [6.45, 7) is 3.48. The lowest BCUT2D eigenvalue weighted by Crippen LogP contribution is -2.40. The number of hydrogen-bond acceptors (Lipinski definition) is 4. The number of rotatable bonds is 2. The van der Waals surface area contributed by atoms with Crippen LogP contribution >= 0.6 is 11.3 Å². The Morgan fingerprint density at radius 3 is 3.11 bits per heavy atom. The van der Waals surface area contributed by atoms with E-state index in [1.807, 2.05) is 24.3 Å². The van der Waals surface area contributed by atoms with E-state index in [9.17, 15) is 4.79 Å². The Morgan fingerprint density at radius 2 is 2.42 bits per heavy atom. The van der Waals surface area contributed by atoms with Crippen molar-refractivity contribution in [1.82, 2.24) is 19.4 Å². The molecule has 19 heavy (non-hydrogen) atoms. The molecule has 3 rings (SSSR count). The zero-order chi connectivity index (χ0) is 13.2. The summed E-state index contributed by atoms with van der Waals surface area (Å²) < 4.78 is 2.10. The Balaban J connectivity index is 1.75. The second-order valence-corrected chi connectivity index (χ2v) is 5.68. The summed E-state index contributed by atoms with van der Waals surface area (Å²) in [6, 6.07) is 0.341. The van der Waals surface area contributed by atoms with Crippen molar-refractivity contribution in [3.05, 3.63) is 34.8 Å². The van der Waals surface area contributed by atoms with Crippen LogP contribution in [0.4, 0.5) is 0 Å². The Labute approximate surface area is 115 Å². The molecule has 5 nitrogen and oxygen atoms in total. The Hall–Kier alpha value is -1.69. The lowest BCUT2D eigenvalue weighted by Gasteiger charge is -2.33. The third kappa shape index (κ3) is 2.40. The molecule has 1 atom stereocenters. The zero-order valence-electron chi connectivity index (χ0n) is 10.8. The van der Waals surface area contributed by atoms with Crippen molar-refractivity contribution in [2.24, 2.45) is 0 Å². The van der Waals surface area contributed by atoms with E-state index in [0.29, 0.717) is 6.04 Å². The number of hydrogen-bond donors (Lipinski definition) is 0. The summed E-state index contributed by atoms with van der Waals surface area (Å²) in [4.78, 5) is 23.4. The van der Waals surface area contributed by atoms with Crippen LogP contribution in [0.25, 0.3) is 0 Å². The highest BCUT2D eigenvalue weighted by Crippen LogP contribution is 2.24. The van der Waals surface area contributed by atoms with Crippen LogP contribution < -0.4 is 0 Å². The number of likely N-dealkylation sites (tertiary alicyclic amines) is 1. The van der Waals surface area contributed by atoms with Gasteiger partial charge in [-0.15, -0.1) is 11.3 Å². The fraction of sp³-hybridized carbons (Fsp3) is 0.462. The lowest BCUT2D eigenvalue weighted by atomic mass is 10.1. The number of piperidine rings is 1. The first kappa shape index (κ1) is 12.3. The van der Waals surface area contributed by atoms with Gasteiger partial charge in [0.05, 0.1) is 23.6 Å². The molecule has 3 heterocycles. The Bertz CT molecular complexity index is 563. The van der Waals surface area contributed by atoms with Crippen molar-refractivity contribution in [2.45, 2.75) is 25.8 Å². The van der Waals surface area contributed by atoms with Gasteiger partial charge >= 0.3 is 0 Å². The fourth-order valence-corrected chi connectivity index (χ4v) is 3.29. The van der Waals surface area contributed by atoms with Crippen LogP contribution in [0.1, 0.15) is 34.2 Å². The molecule has 1 saturated heterocycles. The molecule has 1 fully saturated rings. The number of carbonyl (C=O) groups excluding carboxylic acids is 1. The third-order valence-electron chi connectivity index (χ3n) is 3.57. The second kappa shape index (κ2) is 5.13. The van der Waals surface area contributed by atoms with Gasteiger partial charge in [0.25, 0.3) is 5.91 Å². The second-order valence-electron chi connectivity index (χ2n) is 4.82. The van der Waals surface area contributed by atoms with E-state index in [0.717, 1.165) is 36.5 Å². The van der Waals surface area contributed by atoms with Crippen LogP contribution in [-0.2, 0) is 0 Å². The van der Waals surface area contributed by atoms with E-state index in [1.165, 1.54) is 11.3 Å². The number of imidazole rings is 1. The zero-order valence-corrected chi connectivity index (χ0v) is 11.6. The molecule has 1 amide bonds. The Kier molecular flexibility index (Phi) is 3.33. The number of amides is 1. The normalized spacial score (nSPS) is 19.6. The quantitative estimate of drug-likeness (QED) is 0.844. The SMILES string of the molecule is Cc1ncsc1C(=O)N1CCC[C@H](n2ccnc2)C1. The van der Waals surface area contributed by atoms with Gasteiger partial charge in [-0.3, -0.25) is 4.79 Å². The largest absolute Gasteiger partial charge is 0.336 e. The molecule has 6 heteroatoms. The number of carbonyl (C=O) groups is 1. The molecule has 0 aromatic carbocycles. The van der Waals surface area contributed by atoms with Crippen LogP contribution in [0.3, 0.4) is 0 Å². The molecule has 0 spiro atoms. The molecule has 100 valence electrons. The van der Waals surface area contributed by atoms with E-state index < -0.39 is 0 Å². The van der Waals surface area contributed by atoms with Gasteiger partial charge < -0.3 is 9.47 Å². The van der Waals surface area contributed by atoms with Crippen molar-refractivity contribution in [3.8, 4) is 0 Å². The van der Waals surface area contributed by atoms with Crippen LogP contribution in [0.2, 0.25) is 0 Å². The van der Waals surface area contributed by atoms with Crippen LogP contribution in [0.15, 0.2) is 24.2 Å². The first-order chi connectivity index (χ1) is 9.25. The van der Waals surface area contributed by atoms with Crippen molar-refractivity contribution in [2.75, 3.05) is 13.1 Å². The molecular weight excluding hydrogens is 260 g/mol. The first-order valence-electron chi connectivity index (χ1n) is 6.42. The maximum absolute atomic E-state index is 12.5. The molecule has 0 N–H and O–H groups in total. The predicted octanol–water partition coefficient (Wildman–Crippen LogP) is 2.13. The number of aromatic nitrogens is 3. The maximum Gasteiger partial charge on any atom is 0.265 e. The number of thiazole rings is 1. The summed E-state index contributed by atoms with van der Waals surface area (Å²) >= 11 is 1.43. The van der Waals surface area contributed by atoms with E-state index in [1.54, 1.807) is 11.7 Å². The fourth-order valence-electron chi connectivity index (χ4n) is 2.52. The Morgan fingerprint density at radius 1 is 1.53 bits per heavy atom. The van der Waals surface area contributed by atoms with E-state index in [2.05, 4.69) is 14.5 Å². The highest BCUT2D eigenvalue weighted by atomic mass is 32.1. The smallest absolute Gasteiger partial charge is 0.265 e. The molecule has 0 saturated carbocycles. The van der Waals surface area contributed by atoms with Crippen LogP contribution in [0, 0.1) is 6.92 Å². The van der Waals surface area contributed by atoms with Gasteiger partial charge in [-0.2, -0.15) is 0 Å². The highest BCUT2D eigenvalue weighted by molar-refractivity contribution is 7.11. The van der Waals surface area contributed by atoms with Crippen LogP contribution in [-0.4, -0.2) is 38.4 Å². The van der Waals surface area contributed by atoms with Crippen molar-refractivity contribution >= 4 is 17.2 Å². The molecule has 2 aromatic heterocycles. The van der Waals surface area contributed by atoms with Crippen LogP contribution in [0.5, 0.6) is 0 Å². The van der Waals surface area contributed by atoms with E-state index >= 15 is 0 Å². The summed E-state index contributed by atoms with van der Waals surface area (Å²) in [7, 11) is 0. The molecule has 2 aromatic rings. The lowest BCUT2D eigenvalue weighted by molar-refractivity contribution is 0.0683. The molecule has 1 aliphatic heterocycles. The van der Waals surface area contributed by atoms with Crippen molar-refractivity contribution in [1.29, 1.82) is 0 Å². The molecule has 0 unspecified atom stereocenters. The van der Waals surface area contributed by atoms with Crippen molar-refractivity contribution in [3.63, 3.8) is 0 Å². The van der Waals surface area contributed by atoms with Gasteiger partial charge in [-0.05, 0) is 19.8 Å². The minimum absolute atomic E-state index is 0.116. The molecule has 0 aliphatic carbocycles. The molecular formula is C13H16N4OS. The van der Waals surface area contributed by atoms with E-state index in [-0.39, 0.29) is 5.91 Å². The average molecular weight is 276 g/mol. The molecule has 1 aliphatic rings. The van der Waals surface area contributed by atoms with Gasteiger partial charge in [-0.25, -0.2) is 9.97 Å². The first-order valence-corrected chi connectivity index (χ1v) is 7.30. The van der Waals surface area contributed by atoms with Crippen molar-refractivity contribution < 1.29 is 4.79 Å². The number of nitrogens with zero attached hydrogens (tertiary/aromatic N) is 4. The minimum atomic E-state index is 0.116. The third-order valence-corrected chi connectivity index (χ3v) is 4.49. The number of aryl methyl sites for hydroxylation is 1. The van der Waals surface area contributed by atoms with Gasteiger partial charge in [0.1, 0.15) is 4.88 Å². The summed E-state index contributed by atoms with van der Waals surface area (Å²) in [5, 5.41) is 0. The van der Waals surface area contributed by atoms with E-state index in [4.69, 9.17) is 0 Å².